The number of carbonyl (C=O) groups is 2. The maximum absolute atomic E-state index is 12.8. The van der Waals surface area contributed by atoms with Crippen molar-refractivity contribution in [1.82, 2.24) is 10.2 Å². The van der Waals surface area contributed by atoms with Crippen LogP contribution in [0.5, 0.6) is 5.75 Å². The number of nitrogens with one attached hydrogen (secondary N) is 1. The third kappa shape index (κ3) is 4.95. The fraction of sp³-hybridized carbons (Fsp3) is 0.391. The number of hydrogen-bond donors (Lipinski definition) is 1. The number of carbonyl (C=O) groups excluding carboxylic acids is 2. The molecule has 2 unspecified atom stereocenters. The van der Waals surface area contributed by atoms with Gasteiger partial charge in [0.25, 0.3) is 0 Å². The maximum atomic E-state index is 12.8. The van der Waals surface area contributed by atoms with Crippen molar-refractivity contribution in [1.29, 1.82) is 0 Å². The highest BCUT2D eigenvalue weighted by Gasteiger charge is 2.35. The van der Waals surface area contributed by atoms with Gasteiger partial charge in [-0.25, -0.2) is 0 Å². The molecule has 1 N–H and O–H groups in total. The number of likely N-dealkylation sites (N-methyl/N-ethyl adjacent to an activating group) is 1. The second-order valence-electron chi connectivity index (χ2n) is 7.74. The van der Waals surface area contributed by atoms with Gasteiger partial charge in [0, 0.05) is 31.3 Å². The van der Waals surface area contributed by atoms with Gasteiger partial charge < -0.3 is 19.9 Å². The topological polar surface area (TPSA) is 61.9 Å². The number of rotatable bonds is 7. The minimum Gasteiger partial charge on any atom is -0.497 e. The van der Waals surface area contributed by atoms with E-state index in [-0.39, 0.29) is 30.2 Å². The summed E-state index contributed by atoms with van der Waals surface area (Å²) in [6.45, 7) is 2.94. The second-order valence-corrected chi connectivity index (χ2v) is 7.74. The number of benzene rings is 2. The molecule has 1 aliphatic heterocycles. The summed E-state index contributed by atoms with van der Waals surface area (Å²) in [5.74, 6) is 0.216. The Morgan fingerprint density at radius 1 is 1.24 bits per heavy atom. The van der Waals surface area contributed by atoms with Gasteiger partial charge in [-0.15, -0.1) is 0 Å². The van der Waals surface area contributed by atoms with E-state index in [1.54, 1.807) is 12.0 Å². The van der Waals surface area contributed by atoms with Crippen LogP contribution < -0.4 is 15.0 Å². The quantitative estimate of drug-likeness (QED) is 0.783. The molecule has 2 amide bonds. The van der Waals surface area contributed by atoms with Gasteiger partial charge in [-0.2, -0.15) is 0 Å². The van der Waals surface area contributed by atoms with Gasteiger partial charge in [0.15, 0.2) is 0 Å². The predicted octanol–water partition coefficient (Wildman–Crippen LogP) is 2.78. The molecule has 0 radical (unpaired) electrons. The highest BCUT2D eigenvalue weighted by Crippen LogP contribution is 2.28. The fourth-order valence-corrected chi connectivity index (χ4v) is 3.64. The zero-order chi connectivity index (χ0) is 21.0. The first-order valence-corrected chi connectivity index (χ1v) is 9.84. The van der Waals surface area contributed by atoms with Crippen molar-refractivity contribution in [2.75, 3.05) is 39.2 Å². The van der Waals surface area contributed by atoms with E-state index in [4.69, 9.17) is 4.74 Å². The van der Waals surface area contributed by atoms with Crippen LogP contribution in [0.1, 0.15) is 23.6 Å². The summed E-state index contributed by atoms with van der Waals surface area (Å²) in [6, 6.07) is 15.8. The summed E-state index contributed by atoms with van der Waals surface area (Å²) in [5.41, 5.74) is 3.12. The molecule has 6 heteroatoms. The molecule has 0 spiro atoms. The minimum absolute atomic E-state index is 0.0407. The molecule has 29 heavy (non-hydrogen) atoms. The predicted molar refractivity (Wildman–Crippen MR) is 114 cm³/mol. The number of nitrogens with zero attached hydrogens (tertiary/aromatic N) is 2. The van der Waals surface area contributed by atoms with Gasteiger partial charge >= 0.3 is 0 Å². The highest BCUT2D eigenvalue weighted by atomic mass is 16.5. The average Bonchev–Trinajstić information content (AvgIpc) is 3.11. The molecule has 2 aromatic rings. The summed E-state index contributed by atoms with van der Waals surface area (Å²) in [7, 11) is 5.59. The van der Waals surface area contributed by atoms with E-state index in [9.17, 15) is 9.59 Å². The SMILES string of the molecule is COc1cccc(N2CC(C(=O)NCC(c3ccc(C)cc3)N(C)C)CC2=O)c1. The van der Waals surface area contributed by atoms with E-state index < -0.39 is 0 Å². The van der Waals surface area contributed by atoms with Crippen LogP contribution >= 0.6 is 0 Å². The van der Waals surface area contributed by atoms with E-state index >= 15 is 0 Å². The molecule has 1 heterocycles. The van der Waals surface area contributed by atoms with Crippen LogP contribution in [0, 0.1) is 12.8 Å². The van der Waals surface area contributed by atoms with Gasteiger partial charge in [0.2, 0.25) is 11.8 Å². The largest absolute Gasteiger partial charge is 0.497 e. The normalized spacial score (nSPS) is 17.5. The Hall–Kier alpha value is -2.86. The molecular weight excluding hydrogens is 366 g/mol. The van der Waals surface area contributed by atoms with Gasteiger partial charge in [-0.05, 0) is 38.7 Å². The molecule has 2 atom stereocenters. The molecule has 3 rings (SSSR count). The van der Waals surface area contributed by atoms with Crippen molar-refractivity contribution < 1.29 is 14.3 Å². The number of anilines is 1. The van der Waals surface area contributed by atoms with Crippen molar-refractivity contribution in [3.05, 3.63) is 59.7 Å². The zero-order valence-electron chi connectivity index (χ0n) is 17.5. The molecular formula is C23H29N3O3. The minimum atomic E-state index is -0.352. The standard InChI is InChI=1S/C23H29N3O3/c1-16-8-10-17(11-9-16)21(25(2)3)14-24-23(28)18-12-22(27)26(15-18)19-6-5-7-20(13-19)29-4/h5-11,13,18,21H,12,14-15H2,1-4H3,(H,24,28). The van der Waals surface area contributed by atoms with Crippen LogP contribution in [-0.4, -0.2) is 51.0 Å². The van der Waals surface area contributed by atoms with Crippen molar-refractivity contribution in [3.8, 4) is 5.75 Å². The van der Waals surface area contributed by atoms with Crippen LogP contribution in [0.25, 0.3) is 0 Å². The van der Waals surface area contributed by atoms with Crippen molar-refractivity contribution in [2.45, 2.75) is 19.4 Å². The lowest BCUT2D eigenvalue weighted by Gasteiger charge is -2.26. The van der Waals surface area contributed by atoms with E-state index in [1.807, 2.05) is 38.4 Å². The third-order valence-electron chi connectivity index (χ3n) is 5.42. The Bertz CT molecular complexity index is 864. The molecule has 0 saturated carbocycles. The van der Waals surface area contributed by atoms with Crippen LogP contribution in [0.2, 0.25) is 0 Å². The smallest absolute Gasteiger partial charge is 0.227 e. The Kier molecular flexibility index (Phi) is 6.54. The Morgan fingerprint density at radius 3 is 2.62 bits per heavy atom. The van der Waals surface area contributed by atoms with Crippen molar-refractivity contribution >= 4 is 17.5 Å². The first-order valence-electron chi connectivity index (χ1n) is 9.84. The molecule has 2 aromatic carbocycles. The van der Waals surface area contributed by atoms with E-state index in [2.05, 4.69) is 41.4 Å². The average molecular weight is 396 g/mol. The molecule has 1 fully saturated rings. The maximum Gasteiger partial charge on any atom is 0.227 e. The number of ether oxygens (including phenoxy) is 1. The Balaban J connectivity index is 1.63. The summed E-state index contributed by atoms with van der Waals surface area (Å²) >= 11 is 0. The van der Waals surface area contributed by atoms with Gasteiger partial charge in [-0.1, -0.05) is 35.9 Å². The van der Waals surface area contributed by atoms with Gasteiger partial charge in [-0.3, -0.25) is 9.59 Å². The lowest BCUT2D eigenvalue weighted by molar-refractivity contribution is -0.126. The van der Waals surface area contributed by atoms with E-state index in [1.165, 1.54) is 5.56 Å². The number of hydrogen-bond acceptors (Lipinski definition) is 4. The van der Waals surface area contributed by atoms with Gasteiger partial charge in [0.1, 0.15) is 5.75 Å². The molecule has 154 valence electrons. The van der Waals surface area contributed by atoms with Crippen LogP contribution in [0.15, 0.2) is 48.5 Å². The molecule has 0 bridgehead atoms. The summed E-state index contributed by atoms with van der Waals surface area (Å²) < 4.78 is 5.24. The monoisotopic (exact) mass is 395 g/mol. The molecule has 0 aromatic heterocycles. The first-order chi connectivity index (χ1) is 13.9. The van der Waals surface area contributed by atoms with E-state index in [0.717, 1.165) is 11.3 Å². The Labute approximate surface area is 172 Å². The van der Waals surface area contributed by atoms with Crippen LogP contribution in [0.4, 0.5) is 5.69 Å². The summed E-state index contributed by atoms with van der Waals surface area (Å²) in [6.07, 6.45) is 0.222. The zero-order valence-corrected chi connectivity index (χ0v) is 17.5. The number of aryl methyl sites for hydroxylation is 1. The lowest BCUT2D eigenvalue weighted by Crippen LogP contribution is -2.38. The highest BCUT2D eigenvalue weighted by molar-refractivity contribution is 6.00. The molecule has 0 aliphatic carbocycles. The Morgan fingerprint density at radius 2 is 1.97 bits per heavy atom. The third-order valence-corrected chi connectivity index (χ3v) is 5.42. The second kappa shape index (κ2) is 9.09. The molecule has 1 aliphatic rings. The first kappa shape index (κ1) is 20.9. The molecule has 1 saturated heterocycles. The van der Waals surface area contributed by atoms with Crippen LogP contribution in [-0.2, 0) is 9.59 Å². The lowest BCUT2D eigenvalue weighted by atomic mass is 10.0. The summed E-state index contributed by atoms with van der Waals surface area (Å²) in [5, 5.41) is 3.05. The molecule has 6 nitrogen and oxygen atoms in total. The summed E-state index contributed by atoms with van der Waals surface area (Å²) in [4.78, 5) is 29.0. The van der Waals surface area contributed by atoms with Crippen molar-refractivity contribution in [2.24, 2.45) is 5.92 Å². The van der Waals surface area contributed by atoms with Crippen molar-refractivity contribution in [3.63, 3.8) is 0 Å². The van der Waals surface area contributed by atoms with E-state index in [0.29, 0.717) is 18.8 Å². The fourth-order valence-electron chi connectivity index (χ4n) is 3.64. The van der Waals surface area contributed by atoms with Crippen LogP contribution in [0.3, 0.4) is 0 Å². The van der Waals surface area contributed by atoms with Gasteiger partial charge in [0.05, 0.1) is 19.1 Å². The number of amides is 2. The number of methoxy groups -OCH3 is 1.